The van der Waals surface area contributed by atoms with E-state index in [-0.39, 0.29) is 12.5 Å². The second-order valence-electron chi connectivity index (χ2n) is 7.62. The maximum atomic E-state index is 11.9. The van der Waals surface area contributed by atoms with Gasteiger partial charge in [0.1, 0.15) is 24.2 Å². The highest BCUT2D eigenvalue weighted by molar-refractivity contribution is 8.00. The van der Waals surface area contributed by atoms with E-state index in [9.17, 15) is 19.2 Å². The summed E-state index contributed by atoms with van der Waals surface area (Å²) in [5.41, 5.74) is -0.561. The molecule has 1 saturated heterocycles. The minimum atomic E-state index is -1.04. The number of rotatable bonds is 7. The zero-order valence-electron chi connectivity index (χ0n) is 17.9. The molecule has 10 heteroatoms. The van der Waals surface area contributed by atoms with E-state index in [1.165, 1.54) is 34.1 Å². The predicted octanol–water partition coefficient (Wildman–Crippen LogP) is 1.71. The molecule has 0 unspecified atom stereocenters. The van der Waals surface area contributed by atoms with Crippen molar-refractivity contribution < 1.29 is 38.1 Å². The zero-order chi connectivity index (χ0) is 22.3. The molecule has 1 heterocycles. The first-order chi connectivity index (χ1) is 14.2. The molecule has 1 N–H and O–H groups in total. The van der Waals surface area contributed by atoms with Crippen molar-refractivity contribution in [1.82, 2.24) is 5.32 Å². The summed E-state index contributed by atoms with van der Waals surface area (Å²) in [6.45, 7) is 4.93. The number of amides is 1. The molecule has 1 amide bonds. The fraction of sp³-hybridized carbons (Fsp3) is 0.800. The Hall–Kier alpha value is -1.81. The number of nitrogens with one attached hydrogen (secondary N) is 1. The SMILES string of the molecule is CC(=O)N[C@@H]1[C@@H](OC(C)=O)[C@@H](OC(C)=O)[C@@H](COC(C)=O)O[C@@H]1SC1CCCCC1. The molecule has 0 aromatic heterocycles. The van der Waals surface area contributed by atoms with Gasteiger partial charge >= 0.3 is 17.9 Å². The highest BCUT2D eigenvalue weighted by Gasteiger charge is 2.51. The molecule has 0 aromatic carbocycles. The molecule has 1 aliphatic heterocycles. The highest BCUT2D eigenvalue weighted by atomic mass is 32.2. The standard InChI is InChI=1S/C20H31NO8S/c1-11(22)21-17-19(28-14(4)25)18(27-13(3)24)16(10-26-12(2)23)29-20(17)30-15-8-6-5-7-9-15/h15-20H,5-10H2,1-4H3,(H,21,22)/t16-,17-,18+,19-,20-/m1/s1. The Morgan fingerprint density at radius 3 is 2.03 bits per heavy atom. The first-order valence-electron chi connectivity index (χ1n) is 10.2. The average molecular weight is 446 g/mol. The Morgan fingerprint density at radius 1 is 0.900 bits per heavy atom. The van der Waals surface area contributed by atoms with Gasteiger partial charge < -0.3 is 24.3 Å². The van der Waals surface area contributed by atoms with Gasteiger partial charge in [0.2, 0.25) is 5.91 Å². The van der Waals surface area contributed by atoms with Crippen LogP contribution in [0.2, 0.25) is 0 Å². The van der Waals surface area contributed by atoms with Crippen molar-refractivity contribution in [3.8, 4) is 0 Å². The van der Waals surface area contributed by atoms with Crippen LogP contribution in [0.1, 0.15) is 59.8 Å². The highest BCUT2D eigenvalue weighted by Crippen LogP contribution is 2.38. The molecule has 0 spiro atoms. The number of carbonyl (C=O) groups excluding carboxylic acids is 4. The van der Waals surface area contributed by atoms with E-state index in [4.69, 9.17) is 18.9 Å². The molecule has 1 saturated carbocycles. The first-order valence-corrected chi connectivity index (χ1v) is 11.2. The second kappa shape index (κ2) is 11.5. The van der Waals surface area contributed by atoms with Crippen molar-refractivity contribution in [3.05, 3.63) is 0 Å². The van der Waals surface area contributed by atoms with Crippen LogP contribution < -0.4 is 5.32 Å². The smallest absolute Gasteiger partial charge is 0.303 e. The zero-order valence-corrected chi connectivity index (χ0v) is 18.7. The van der Waals surface area contributed by atoms with E-state index in [1.54, 1.807) is 11.8 Å². The van der Waals surface area contributed by atoms with Gasteiger partial charge in [0.25, 0.3) is 0 Å². The van der Waals surface area contributed by atoms with Crippen molar-refractivity contribution in [2.24, 2.45) is 0 Å². The largest absolute Gasteiger partial charge is 0.463 e. The van der Waals surface area contributed by atoms with Crippen LogP contribution >= 0.6 is 11.8 Å². The number of hydrogen-bond acceptors (Lipinski definition) is 9. The van der Waals surface area contributed by atoms with Gasteiger partial charge in [0, 0.05) is 32.9 Å². The lowest BCUT2D eigenvalue weighted by atomic mass is 9.97. The number of carbonyl (C=O) groups is 4. The number of thioether (sulfide) groups is 1. The van der Waals surface area contributed by atoms with Crippen LogP contribution in [0, 0.1) is 0 Å². The second-order valence-corrected chi connectivity index (χ2v) is 9.02. The number of hydrogen-bond donors (Lipinski definition) is 1. The van der Waals surface area contributed by atoms with Crippen LogP contribution in [0.4, 0.5) is 0 Å². The van der Waals surface area contributed by atoms with E-state index >= 15 is 0 Å². The minimum Gasteiger partial charge on any atom is -0.463 e. The summed E-state index contributed by atoms with van der Waals surface area (Å²) in [5, 5.41) is 3.14. The van der Waals surface area contributed by atoms with Crippen LogP contribution in [-0.2, 0) is 38.1 Å². The topological polar surface area (TPSA) is 117 Å². The molecule has 0 aromatic rings. The van der Waals surface area contributed by atoms with Crippen molar-refractivity contribution in [2.45, 2.75) is 94.8 Å². The Morgan fingerprint density at radius 2 is 1.50 bits per heavy atom. The van der Waals surface area contributed by atoms with Gasteiger partial charge in [0.15, 0.2) is 12.2 Å². The molecule has 2 aliphatic rings. The summed E-state index contributed by atoms with van der Waals surface area (Å²) < 4.78 is 22.2. The Labute approximate surface area is 180 Å². The van der Waals surface area contributed by atoms with Crippen LogP contribution in [0.3, 0.4) is 0 Å². The Balaban J connectivity index is 2.34. The van der Waals surface area contributed by atoms with E-state index < -0.39 is 47.7 Å². The maximum Gasteiger partial charge on any atom is 0.303 e. The summed E-state index contributed by atoms with van der Waals surface area (Å²) in [6, 6.07) is -0.726. The summed E-state index contributed by atoms with van der Waals surface area (Å²) >= 11 is 1.57. The monoisotopic (exact) mass is 445 g/mol. The molecule has 30 heavy (non-hydrogen) atoms. The van der Waals surface area contributed by atoms with E-state index in [0.717, 1.165) is 25.7 Å². The van der Waals surface area contributed by atoms with Crippen LogP contribution in [-0.4, -0.2) is 65.5 Å². The quantitative estimate of drug-likeness (QED) is 0.461. The molecular weight excluding hydrogens is 414 g/mol. The fourth-order valence-electron chi connectivity index (χ4n) is 3.80. The molecule has 5 atom stereocenters. The maximum absolute atomic E-state index is 11.9. The molecule has 170 valence electrons. The summed E-state index contributed by atoms with van der Waals surface area (Å²) in [4.78, 5) is 46.8. The van der Waals surface area contributed by atoms with Gasteiger partial charge in [-0.15, -0.1) is 11.8 Å². The minimum absolute atomic E-state index is 0.167. The van der Waals surface area contributed by atoms with Crippen molar-refractivity contribution in [2.75, 3.05) is 6.61 Å². The van der Waals surface area contributed by atoms with E-state index in [1.807, 2.05) is 0 Å². The Bertz CT molecular complexity index is 636. The van der Waals surface area contributed by atoms with Gasteiger partial charge in [-0.1, -0.05) is 19.3 Å². The van der Waals surface area contributed by atoms with Crippen LogP contribution in [0.25, 0.3) is 0 Å². The van der Waals surface area contributed by atoms with Gasteiger partial charge in [-0.05, 0) is 12.8 Å². The number of esters is 3. The average Bonchev–Trinajstić information content (AvgIpc) is 2.64. The lowest BCUT2D eigenvalue weighted by Crippen LogP contribution is -2.65. The van der Waals surface area contributed by atoms with Crippen molar-refractivity contribution in [3.63, 3.8) is 0 Å². The fourth-order valence-corrected chi connectivity index (χ4v) is 5.38. The Kier molecular flexibility index (Phi) is 9.41. The molecule has 9 nitrogen and oxygen atoms in total. The van der Waals surface area contributed by atoms with Crippen molar-refractivity contribution in [1.29, 1.82) is 0 Å². The molecule has 2 fully saturated rings. The normalized spacial score (nSPS) is 29.5. The summed E-state index contributed by atoms with van der Waals surface area (Å²) in [5.74, 6) is -2.02. The van der Waals surface area contributed by atoms with Gasteiger partial charge in [-0.25, -0.2) is 0 Å². The van der Waals surface area contributed by atoms with Gasteiger partial charge in [0.05, 0.1) is 0 Å². The summed E-state index contributed by atoms with van der Waals surface area (Å²) in [6.07, 6.45) is 2.63. The first kappa shape index (κ1) is 24.5. The van der Waals surface area contributed by atoms with Crippen LogP contribution in [0.15, 0.2) is 0 Å². The molecular formula is C20H31NO8S. The summed E-state index contributed by atoms with van der Waals surface area (Å²) in [7, 11) is 0. The number of ether oxygens (including phenoxy) is 4. The third kappa shape index (κ3) is 7.46. The molecule has 2 rings (SSSR count). The third-order valence-corrected chi connectivity index (χ3v) is 6.48. The van der Waals surface area contributed by atoms with E-state index in [0.29, 0.717) is 5.25 Å². The molecule has 1 aliphatic carbocycles. The van der Waals surface area contributed by atoms with Crippen molar-refractivity contribution >= 4 is 35.6 Å². The molecule has 0 bridgehead atoms. The van der Waals surface area contributed by atoms with E-state index in [2.05, 4.69) is 5.32 Å². The third-order valence-electron chi connectivity index (χ3n) is 4.95. The lowest BCUT2D eigenvalue weighted by Gasteiger charge is -2.46. The molecule has 0 radical (unpaired) electrons. The van der Waals surface area contributed by atoms with Gasteiger partial charge in [-0.3, -0.25) is 19.2 Å². The predicted molar refractivity (Wildman–Crippen MR) is 108 cm³/mol. The lowest BCUT2D eigenvalue weighted by molar-refractivity contribution is -0.211. The van der Waals surface area contributed by atoms with Gasteiger partial charge in [-0.2, -0.15) is 0 Å². The van der Waals surface area contributed by atoms with Crippen LogP contribution in [0.5, 0.6) is 0 Å².